The molecule has 0 saturated heterocycles. The van der Waals surface area contributed by atoms with Crippen molar-refractivity contribution in [3.8, 4) is 0 Å². The predicted molar refractivity (Wildman–Crippen MR) is 100 cm³/mol. The molecule has 0 radical (unpaired) electrons. The second kappa shape index (κ2) is 12.3. The van der Waals surface area contributed by atoms with E-state index in [9.17, 15) is 9.59 Å². The summed E-state index contributed by atoms with van der Waals surface area (Å²) in [4.78, 5) is 24.4. The minimum Gasteiger partial charge on any atom is -0.465 e. The predicted octanol–water partition coefficient (Wildman–Crippen LogP) is 5.14. The van der Waals surface area contributed by atoms with Gasteiger partial charge in [-0.1, -0.05) is 53.4 Å². The number of hydrogen-bond acceptors (Lipinski definition) is 4. The van der Waals surface area contributed by atoms with Crippen molar-refractivity contribution in [1.29, 1.82) is 0 Å². The van der Waals surface area contributed by atoms with Gasteiger partial charge in [-0.05, 0) is 43.9 Å². The topological polar surface area (TPSA) is 52.6 Å². The molecule has 4 heteroatoms. The number of esters is 2. The van der Waals surface area contributed by atoms with E-state index in [1.807, 2.05) is 0 Å². The van der Waals surface area contributed by atoms with Crippen LogP contribution in [0.1, 0.15) is 85.5 Å². The molecule has 146 valence electrons. The van der Waals surface area contributed by atoms with Gasteiger partial charge in [0.1, 0.15) is 0 Å². The molecule has 1 saturated carbocycles. The summed E-state index contributed by atoms with van der Waals surface area (Å²) in [5.74, 6) is 0.747. The van der Waals surface area contributed by atoms with Crippen LogP contribution in [-0.4, -0.2) is 25.2 Å². The summed E-state index contributed by atoms with van der Waals surface area (Å²) in [6.45, 7) is 9.68. The molecule has 0 aromatic heterocycles. The minimum absolute atomic E-state index is 0.122. The second-order valence-corrected chi connectivity index (χ2v) is 8.32. The Kier molecular flexibility index (Phi) is 10.8. The Balaban J connectivity index is 2.22. The number of unbranched alkanes of at least 4 members (excludes halogenated alkanes) is 2. The van der Waals surface area contributed by atoms with Crippen LogP contribution in [0.25, 0.3) is 0 Å². The highest BCUT2D eigenvalue weighted by atomic mass is 16.5. The molecule has 1 rings (SSSR count). The van der Waals surface area contributed by atoms with Gasteiger partial charge in [0.2, 0.25) is 0 Å². The summed E-state index contributed by atoms with van der Waals surface area (Å²) in [6.07, 6.45) is 8.53. The average Bonchev–Trinajstić information content (AvgIpc) is 2.57. The third kappa shape index (κ3) is 9.86. The maximum absolute atomic E-state index is 12.2. The summed E-state index contributed by atoms with van der Waals surface area (Å²) in [6, 6.07) is 0. The van der Waals surface area contributed by atoms with E-state index in [2.05, 4.69) is 27.7 Å². The Morgan fingerprint density at radius 2 is 1.36 bits per heavy atom. The highest BCUT2D eigenvalue weighted by Crippen LogP contribution is 2.31. The summed E-state index contributed by atoms with van der Waals surface area (Å²) in [7, 11) is 0. The molecule has 1 aliphatic carbocycles. The van der Waals surface area contributed by atoms with Crippen molar-refractivity contribution in [1.82, 2.24) is 0 Å². The van der Waals surface area contributed by atoms with Gasteiger partial charge in [0, 0.05) is 0 Å². The van der Waals surface area contributed by atoms with Crippen LogP contribution >= 0.6 is 0 Å². The van der Waals surface area contributed by atoms with E-state index < -0.39 is 0 Å². The van der Waals surface area contributed by atoms with Crippen molar-refractivity contribution in [3.63, 3.8) is 0 Å². The van der Waals surface area contributed by atoms with Crippen LogP contribution in [0.4, 0.5) is 0 Å². The molecule has 0 amide bonds. The van der Waals surface area contributed by atoms with E-state index in [-0.39, 0.29) is 23.8 Å². The fourth-order valence-electron chi connectivity index (χ4n) is 3.25. The second-order valence-electron chi connectivity index (χ2n) is 8.32. The molecule has 0 aliphatic heterocycles. The van der Waals surface area contributed by atoms with Crippen molar-refractivity contribution < 1.29 is 19.1 Å². The SMILES string of the molecule is CC(C)CCCCCOC(=O)C1CCCC(C(=O)OCCC(C)C)C1. The van der Waals surface area contributed by atoms with Gasteiger partial charge in [-0.25, -0.2) is 0 Å². The Morgan fingerprint density at radius 1 is 0.800 bits per heavy atom. The van der Waals surface area contributed by atoms with Gasteiger partial charge in [0.15, 0.2) is 0 Å². The first-order chi connectivity index (χ1) is 11.9. The highest BCUT2D eigenvalue weighted by Gasteiger charge is 2.32. The Labute approximate surface area is 154 Å². The smallest absolute Gasteiger partial charge is 0.308 e. The lowest BCUT2D eigenvalue weighted by molar-refractivity contribution is -0.155. The molecule has 1 fully saturated rings. The molecule has 0 spiro atoms. The summed E-state index contributed by atoms with van der Waals surface area (Å²) in [5, 5.41) is 0. The number of carbonyl (C=O) groups is 2. The molecule has 0 bridgehead atoms. The van der Waals surface area contributed by atoms with E-state index in [1.54, 1.807) is 0 Å². The number of carbonyl (C=O) groups excluding carboxylic acids is 2. The van der Waals surface area contributed by atoms with Crippen LogP contribution in [0.5, 0.6) is 0 Å². The van der Waals surface area contributed by atoms with Gasteiger partial charge in [0.25, 0.3) is 0 Å². The zero-order chi connectivity index (χ0) is 18.7. The third-order valence-corrected chi connectivity index (χ3v) is 4.95. The maximum atomic E-state index is 12.2. The van der Waals surface area contributed by atoms with Gasteiger partial charge in [-0.15, -0.1) is 0 Å². The lowest BCUT2D eigenvalue weighted by Crippen LogP contribution is -2.30. The number of ether oxygens (including phenoxy) is 2. The molecular formula is C21H38O4. The Morgan fingerprint density at radius 3 is 1.92 bits per heavy atom. The molecule has 0 N–H and O–H groups in total. The van der Waals surface area contributed by atoms with Gasteiger partial charge >= 0.3 is 11.9 Å². The summed E-state index contributed by atoms with van der Waals surface area (Å²) < 4.78 is 10.8. The van der Waals surface area contributed by atoms with Crippen molar-refractivity contribution in [2.45, 2.75) is 85.5 Å². The van der Waals surface area contributed by atoms with Gasteiger partial charge in [-0.2, -0.15) is 0 Å². The molecule has 1 aliphatic rings. The average molecular weight is 355 g/mol. The van der Waals surface area contributed by atoms with Crippen molar-refractivity contribution >= 4 is 11.9 Å². The van der Waals surface area contributed by atoms with E-state index in [0.717, 1.165) is 44.4 Å². The molecule has 4 nitrogen and oxygen atoms in total. The lowest BCUT2D eigenvalue weighted by atomic mass is 9.81. The van der Waals surface area contributed by atoms with E-state index >= 15 is 0 Å². The van der Waals surface area contributed by atoms with Crippen LogP contribution in [0.2, 0.25) is 0 Å². The monoisotopic (exact) mass is 354 g/mol. The van der Waals surface area contributed by atoms with Crippen molar-refractivity contribution in [2.75, 3.05) is 13.2 Å². The first-order valence-electron chi connectivity index (χ1n) is 10.2. The minimum atomic E-state index is -0.135. The highest BCUT2D eigenvalue weighted by molar-refractivity contribution is 5.76. The van der Waals surface area contributed by atoms with Gasteiger partial charge in [-0.3, -0.25) is 9.59 Å². The first kappa shape index (κ1) is 22.0. The Hall–Kier alpha value is -1.06. The fraction of sp³-hybridized carbons (Fsp3) is 0.905. The maximum Gasteiger partial charge on any atom is 0.308 e. The molecule has 2 atom stereocenters. The Bertz CT molecular complexity index is 389. The largest absolute Gasteiger partial charge is 0.465 e. The fourth-order valence-corrected chi connectivity index (χ4v) is 3.25. The lowest BCUT2D eigenvalue weighted by Gasteiger charge is -2.26. The zero-order valence-corrected chi connectivity index (χ0v) is 16.7. The summed E-state index contributed by atoms with van der Waals surface area (Å²) in [5.41, 5.74) is 0. The summed E-state index contributed by atoms with van der Waals surface area (Å²) >= 11 is 0. The quantitative estimate of drug-likeness (QED) is 0.381. The molecule has 2 unspecified atom stereocenters. The third-order valence-electron chi connectivity index (χ3n) is 4.95. The van der Waals surface area contributed by atoms with Crippen molar-refractivity contribution in [3.05, 3.63) is 0 Å². The van der Waals surface area contributed by atoms with Crippen LogP contribution in [0.15, 0.2) is 0 Å². The number of hydrogen-bond donors (Lipinski definition) is 0. The normalized spacial score (nSPS) is 20.7. The zero-order valence-electron chi connectivity index (χ0n) is 16.7. The van der Waals surface area contributed by atoms with Crippen LogP contribution < -0.4 is 0 Å². The first-order valence-corrected chi connectivity index (χ1v) is 10.2. The molecule has 0 heterocycles. The van der Waals surface area contributed by atoms with Crippen LogP contribution in [0.3, 0.4) is 0 Å². The van der Waals surface area contributed by atoms with Gasteiger partial charge < -0.3 is 9.47 Å². The number of rotatable bonds is 11. The standard InChI is InChI=1S/C21H38O4/c1-16(2)9-6-5-7-13-24-20(22)18-10-8-11-19(15-18)21(23)25-14-12-17(3)4/h16-19H,5-15H2,1-4H3. The van der Waals surface area contributed by atoms with Crippen LogP contribution in [0, 0.1) is 23.7 Å². The van der Waals surface area contributed by atoms with E-state index in [4.69, 9.17) is 9.47 Å². The van der Waals surface area contributed by atoms with Crippen LogP contribution in [-0.2, 0) is 19.1 Å². The van der Waals surface area contributed by atoms with Gasteiger partial charge in [0.05, 0.1) is 25.0 Å². The van der Waals surface area contributed by atoms with E-state index in [0.29, 0.717) is 25.6 Å². The molecule has 0 aromatic rings. The molecule has 0 aromatic carbocycles. The van der Waals surface area contributed by atoms with Crippen molar-refractivity contribution in [2.24, 2.45) is 23.7 Å². The molecule has 25 heavy (non-hydrogen) atoms. The van der Waals surface area contributed by atoms with E-state index in [1.165, 1.54) is 12.8 Å². The molecular weight excluding hydrogens is 316 g/mol.